The van der Waals surface area contributed by atoms with Crippen molar-refractivity contribution in [3.8, 4) is 5.75 Å². The molecule has 8 heteroatoms. The Morgan fingerprint density at radius 3 is 2.55 bits per heavy atom. The highest BCUT2D eigenvalue weighted by atomic mass is 35.5. The molecule has 3 rings (SSSR count). The molecule has 0 bridgehead atoms. The van der Waals surface area contributed by atoms with Crippen molar-refractivity contribution in [3.05, 3.63) is 41.6 Å². The van der Waals surface area contributed by atoms with E-state index in [1.54, 1.807) is 24.4 Å². The Bertz CT molecular complexity index is 854. The molecule has 1 fully saturated rings. The number of amides is 1. The summed E-state index contributed by atoms with van der Waals surface area (Å²) in [7, 11) is 3.92. The van der Waals surface area contributed by atoms with Crippen LogP contribution < -0.4 is 15.5 Å². The lowest BCUT2D eigenvalue weighted by Crippen LogP contribution is -2.40. The lowest BCUT2D eigenvalue weighted by molar-refractivity contribution is 0.0925. The monoisotopic (exact) mass is 447 g/mol. The quantitative estimate of drug-likeness (QED) is 0.562. The van der Waals surface area contributed by atoms with Gasteiger partial charge in [-0.25, -0.2) is 4.98 Å². The van der Waals surface area contributed by atoms with Crippen LogP contribution in [0.4, 0.5) is 11.8 Å². The van der Waals surface area contributed by atoms with Gasteiger partial charge in [0.25, 0.3) is 5.91 Å². The Kier molecular flexibility index (Phi) is 9.37. The third-order valence-corrected chi connectivity index (χ3v) is 5.63. The number of unbranched alkanes of at least 4 members (excludes halogenated alkanes) is 1. The highest BCUT2D eigenvalue weighted by molar-refractivity contribution is 5.96. The molecule has 3 N–H and O–H groups in total. The number of anilines is 2. The van der Waals surface area contributed by atoms with E-state index in [4.69, 9.17) is 0 Å². The molecule has 0 atom stereocenters. The van der Waals surface area contributed by atoms with Gasteiger partial charge in [0.2, 0.25) is 5.95 Å². The lowest BCUT2D eigenvalue weighted by Gasteiger charge is -2.30. The first-order chi connectivity index (χ1) is 14.5. The fraction of sp³-hybridized carbons (Fsp3) is 0.522. The number of carbonyl (C=O) groups is 1. The number of nitrogens with zero attached hydrogens (tertiary/aromatic N) is 3. The Labute approximate surface area is 191 Å². The van der Waals surface area contributed by atoms with E-state index in [9.17, 15) is 9.90 Å². The molecule has 0 spiro atoms. The van der Waals surface area contributed by atoms with Gasteiger partial charge in [-0.3, -0.25) is 4.79 Å². The molecule has 0 radical (unpaired) electrons. The zero-order valence-electron chi connectivity index (χ0n) is 18.6. The molecule has 31 heavy (non-hydrogen) atoms. The minimum absolute atomic E-state index is 0. The standard InChI is InChI=1S/C23H33N5O2.ClH/c1-4-5-6-16-15-19(29)11-12-20(16)22(30)25-17-7-9-18(10-8-17)26-23-24-14-13-21(27-23)28(2)3;/h11-15,17-18,29H,4-10H2,1-3H3,(H,25,30)(H,24,26,27);1H. The molecule has 2 aromatic rings. The van der Waals surface area contributed by atoms with Gasteiger partial charge < -0.3 is 20.6 Å². The van der Waals surface area contributed by atoms with Crippen LogP contribution in [0.3, 0.4) is 0 Å². The topological polar surface area (TPSA) is 90.4 Å². The number of aromatic nitrogens is 2. The second-order valence-corrected chi connectivity index (χ2v) is 8.24. The first-order valence-electron chi connectivity index (χ1n) is 10.9. The Morgan fingerprint density at radius 1 is 1.16 bits per heavy atom. The number of halogens is 1. The molecule has 1 aromatic carbocycles. The first kappa shape index (κ1) is 24.7. The van der Waals surface area contributed by atoms with Crippen LogP contribution in [-0.4, -0.2) is 47.2 Å². The van der Waals surface area contributed by atoms with Gasteiger partial charge in [-0.1, -0.05) is 13.3 Å². The molecule has 1 aromatic heterocycles. The molecule has 1 saturated carbocycles. The van der Waals surface area contributed by atoms with E-state index in [0.717, 1.165) is 56.3 Å². The number of hydrogen-bond donors (Lipinski definition) is 3. The maximum absolute atomic E-state index is 12.8. The summed E-state index contributed by atoms with van der Waals surface area (Å²) >= 11 is 0. The van der Waals surface area contributed by atoms with Crippen molar-refractivity contribution in [3.63, 3.8) is 0 Å². The van der Waals surface area contributed by atoms with Crippen molar-refractivity contribution >= 4 is 30.1 Å². The van der Waals surface area contributed by atoms with Crippen LogP contribution in [0, 0.1) is 0 Å². The number of hydrogen-bond acceptors (Lipinski definition) is 6. The number of aromatic hydroxyl groups is 1. The number of nitrogens with one attached hydrogen (secondary N) is 2. The molecule has 1 aliphatic rings. The summed E-state index contributed by atoms with van der Waals surface area (Å²) in [5, 5.41) is 16.4. The molecule has 1 heterocycles. The predicted octanol–water partition coefficient (Wildman–Crippen LogP) is 4.17. The Morgan fingerprint density at radius 2 is 1.87 bits per heavy atom. The number of aryl methyl sites for hydroxylation is 1. The smallest absolute Gasteiger partial charge is 0.251 e. The zero-order valence-corrected chi connectivity index (χ0v) is 19.4. The molecule has 1 aliphatic carbocycles. The van der Waals surface area contributed by atoms with Gasteiger partial charge in [0.15, 0.2) is 0 Å². The van der Waals surface area contributed by atoms with Crippen molar-refractivity contribution in [2.24, 2.45) is 0 Å². The number of rotatable bonds is 8. The van der Waals surface area contributed by atoms with Gasteiger partial charge in [0, 0.05) is 37.9 Å². The minimum atomic E-state index is -0.0421. The van der Waals surface area contributed by atoms with E-state index in [-0.39, 0.29) is 30.1 Å². The third kappa shape index (κ3) is 6.99. The minimum Gasteiger partial charge on any atom is -0.508 e. The summed E-state index contributed by atoms with van der Waals surface area (Å²) in [6, 6.07) is 7.40. The van der Waals surface area contributed by atoms with Gasteiger partial charge in [-0.05, 0) is 68.4 Å². The summed E-state index contributed by atoms with van der Waals surface area (Å²) in [4.78, 5) is 23.7. The normalized spacial score (nSPS) is 18.0. The van der Waals surface area contributed by atoms with Crippen LogP contribution in [0.2, 0.25) is 0 Å². The molecule has 170 valence electrons. The molecule has 7 nitrogen and oxygen atoms in total. The highest BCUT2D eigenvalue weighted by Gasteiger charge is 2.24. The zero-order chi connectivity index (χ0) is 21.5. The molecular formula is C23H34ClN5O2. The van der Waals surface area contributed by atoms with E-state index in [1.165, 1.54) is 0 Å². The molecule has 1 amide bonds. The lowest BCUT2D eigenvalue weighted by atomic mass is 9.90. The van der Waals surface area contributed by atoms with Crippen molar-refractivity contribution < 1.29 is 9.90 Å². The van der Waals surface area contributed by atoms with Crippen molar-refractivity contribution in [2.75, 3.05) is 24.3 Å². The van der Waals surface area contributed by atoms with Crippen LogP contribution in [-0.2, 0) is 6.42 Å². The van der Waals surface area contributed by atoms with Crippen LogP contribution in [0.5, 0.6) is 5.75 Å². The van der Waals surface area contributed by atoms with Crippen LogP contribution in [0.1, 0.15) is 61.4 Å². The number of carbonyl (C=O) groups excluding carboxylic acids is 1. The fourth-order valence-corrected chi connectivity index (χ4v) is 3.87. The van der Waals surface area contributed by atoms with Crippen LogP contribution in [0.15, 0.2) is 30.5 Å². The van der Waals surface area contributed by atoms with Gasteiger partial charge >= 0.3 is 0 Å². The largest absolute Gasteiger partial charge is 0.508 e. The van der Waals surface area contributed by atoms with Gasteiger partial charge in [0.05, 0.1) is 0 Å². The summed E-state index contributed by atoms with van der Waals surface area (Å²) < 4.78 is 0. The Balaban J connectivity index is 0.00000341. The maximum Gasteiger partial charge on any atom is 0.251 e. The maximum atomic E-state index is 12.8. The van der Waals surface area contributed by atoms with E-state index < -0.39 is 0 Å². The predicted molar refractivity (Wildman–Crippen MR) is 127 cm³/mol. The van der Waals surface area contributed by atoms with E-state index >= 15 is 0 Å². The number of phenolic OH excluding ortho intramolecular Hbond substituents is 1. The third-order valence-electron chi connectivity index (χ3n) is 5.63. The number of phenols is 1. The molecule has 0 unspecified atom stereocenters. The van der Waals surface area contributed by atoms with Crippen LogP contribution in [0.25, 0.3) is 0 Å². The van der Waals surface area contributed by atoms with E-state index in [0.29, 0.717) is 17.6 Å². The van der Waals surface area contributed by atoms with Gasteiger partial charge in [-0.15, -0.1) is 12.4 Å². The summed E-state index contributed by atoms with van der Waals surface area (Å²) in [5.74, 6) is 1.70. The first-order valence-corrected chi connectivity index (χ1v) is 10.9. The van der Waals surface area contributed by atoms with E-state index in [1.807, 2.05) is 25.1 Å². The van der Waals surface area contributed by atoms with Crippen molar-refractivity contribution in [1.29, 1.82) is 0 Å². The summed E-state index contributed by atoms with van der Waals surface area (Å²) in [6.45, 7) is 2.12. The summed E-state index contributed by atoms with van der Waals surface area (Å²) in [6.07, 6.45) is 8.36. The van der Waals surface area contributed by atoms with Crippen molar-refractivity contribution in [1.82, 2.24) is 15.3 Å². The molecule has 0 saturated heterocycles. The van der Waals surface area contributed by atoms with Crippen molar-refractivity contribution in [2.45, 2.75) is 64.0 Å². The van der Waals surface area contributed by atoms with Gasteiger partial charge in [-0.2, -0.15) is 4.98 Å². The SMILES string of the molecule is CCCCc1cc(O)ccc1C(=O)NC1CCC(Nc2nccc(N(C)C)n2)CC1.Cl. The summed E-state index contributed by atoms with van der Waals surface area (Å²) in [5.41, 5.74) is 1.60. The average Bonchev–Trinajstić information content (AvgIpc) is 2.74. The second kappa shape index (κ2) is 11.7. The molecular weight excluding hydrogens is 414 g/mol. The highest BCUT2D eigenvalue weighted by Crippen LogP contribution is 2.23. The molecule has 0 aliphatic heterocycles. The Hall–Kier alpha value is -2.54. The van der Waals surface area contributed by atoms with Gasteiger partial charge in [0.1, 0.15) is 11.6 Å². The number of benzene rings is 1. The van der Waals surface area contributed by atoms with E-state index in [2.05, 4.69) is 27.5 Å². The average molecular weight is 448 g/mol. The second-order valence-electron chi connectivity index (χ2n) is 8.24. The van der Waals surface area contributed by atoms with Crippen LogP contribution >= 0.6 is 12.4 Å². The fourth-order valence-electron chi connectivity index (χ4n) is 3.87.